The largest absolute Gasteiger partial charge is 0.370 e. The van der Waals surface area contributed by atoms with E-state index in [0.29, 0.717) is 0 Å². The highest BCUT2D eigenvalue weighted by Crippen LogP contribution is 2.25. The van der Waals surface area contributed by atoms with Gasteiger partial charge in [0.1, 0.15) is 11.6 Å². The molecule has 0 aliphatic heterocycles. The number of hydrogen-bond donors (Lipinski definition) is 2. The van der Waals surface area contributed by atoms with Crippen LogP contribution in [0.4, 0.5) is 5.82 Å². The van der Waals surface area contributed by atoms with Crippen molar-refractivity contribution in [3.63, 3.8) is 0 Å². The summed E-state index contributed by atoms with van der Waals surface area (Å²) in [5, 5.41) is 3.36. The summed E-state index contributed by atoms with van der Waals surface area (Å²) in [5.74, 6) is 1.90. The number of hydrogen-bond acceptors (Lipinski definition) is 4. The van der Waals surface area contributed by atoms with E-state index in [4.69, 9.17) is 5.73 Å². The zero-order chi connectivity index (χ0) is 10.7. The molecule has 82 valence electrons. The topological polar surface area (TPSA) is 63.8 Å². The lowest BCUT2D eigenvalue weighted by atomic mass is 10.2. The van der Waals surface area contributed by atoms with Crippen molar-refractivity contribution < 1.29 is 0 Å². The van der Waals surface area contributed by atoms with Crippen molar-refractivity contribution >= 4 is 5.82 Å². The number of nitrogens with zero attached hydrogens (tertiary/aromatic N) is 2. The van der Waals surface area contributed by atoms with Gasteiger partial charge in [0.05, 0.1) is 0 Å². The van der Waals surface area contributed by atoms with Gasteiger partial charge in [-0.05, 0) is 39.2 Å². The van der Waals surface area contributed by atoms with Gasteiger partial charge in [0.25, 0.3) is 0 Å². The molecule has 1 aliphatic carbocycles. The molecule has 1 aliphatic rings. The lowest BCUT2D eigenvalue weighted by molar-refractivity contribution is 0.862. The Bertz CT molecular complexity index is 349. The molecule has 0 fully saturated rings. The van der Waals surface area contributed by atoms with Crippen molar-refractivity contribution in [1.82, 2.24) is 9.97 Å². The van der Waals surface area contributed by atoms with Gasteiger partial charge in [0.2, 0.25) is 0 Å². The average Bonchev–Trinajstić information content (AvgIpc) is 2.65. The van der Waals surface area contributed by atoms with Gasteiger partial charge in [-0.15, -0.1) is 0 Å². The Kier molecular flexibility index (Phi) is 3.16. The van der Waals surface area contributed by atoms with Crippen molar-refractivity contribution in [2.45, 2.75) is 32.6 Å². The molecule has 0 saturated carbocycles. The normalized spacial score (nSPS) is 14.0. The van der Waals surface area contributed by atoms with E-state index in [-0.39, 0.29) is 0 Å². The fraction of sp³-hybridized carbons (Fsp3) is 0.636. The number of aromatic nitrogens is 2. The van der Waals surface area contributed by atoms with Crippen LogP contribution in [0.3, 0.4) is 0 Å². The second-order valence-corrected chi connectivity index (χ2v) is 3.97. The van der Waals surface area contributed by atoms with Crippen molar-refractivity contribution in [2.75, 3.05) is 18.4 Å². The summed E-state index contributed by atoms with van der Waals surface area (Å²) in [6.07, 6.45) is 4.40. The maximum Gasteiger partial charge on any atom is 0.133 e. The first kappa shape index (κ1) is 10.4. The third-order valence-corrected chi connectivity index (χ3v) is 2.72. The highest BCUT2D eigenvalue weighted by molar-refractivity contribution is 5.48. The number of nitrogens with two attached hydrogens (primary N) is 1. The molecule has 0 aromatic carbocycles. The maximum absolute atomic E-state index is 5.46. The first-order valence-corrected chi connectivity index (χ1v) is 5.61. The molecule has 0 amide bonds. The van der Waals surface area contributed by atoms with Gasteiger partial charge in [-0.2, -0.15) is 0 Å². The molecule has 3 N–H and O–H groups in total. The van der Waals surface area contributed by atoms with Crippen LogP contribution in [0.25, 0.3) is 0 Å². The van der Waals surface area contributed by atoms with E-state index in [1.54, 1.807) is 0 Å². The molecule has 4 heteroatoms. The number of fused-ring (bicyclic) bond motifs is 1. The zero-order valence-corrected chi connectivity index (χ0v) is 9.21. The Hall–Kier alpha value is -1.16. The second kappa shape index (κ2) is 4.57. The van der Waals surface area contributed by atoms with E-state index < -0.39 is 0 Å². The monoisotopic (exact) mass is 206 g/mol. The summed E-state index contributed by atoms with van der Waals surface area (Å²) in [4.78, 5) is 8.92. The smallest absolute Gasteiger partial charge is 0.133 e. The molecule has 15 heavy (non-hydrogen) atoms. The predicted molar refractivity (Wildman–Crippen MR) is 61.0 cm³/mol. The summed E-state index contributed by atoms with van der Waals surface area (Å²) < 4.78 is 0. The summed E-state index contributed by atoms with van der Waals surface area (Å²) in [6.45, 7) is 3.57. The van der Waals surface area contributed by atoms with Crippen LogP contribution >= 0.6 is 0 Å². The van der Waals surface area contributed by atoms with E-state index in [2.05, 4.69) is 15.3 Å². The number of rotatable bonds is 4. The minimum Gasteiger partial charge on any atom is -0.370 e. The number of anilines is 1. The van der Waals surface area contributed by atoms with E-state index >= 15 is 0 Å². The molecule has 0 saturated heterocycles. The van der Waals surface area contributed by atoms with Crippen LogP contribution in [-0.4, -0.2) is 23.1 Å². The van der Waals surface area contributed by atoms with Crippen LogP contribution in [0.1, 0.15) is 29.9 Å². The Morgan fingerprint density at radius 3 is 3.00 bits per heavy atom. The molecular weight excluding hydrogens is 188 g/mol. The van der Waals surface area contributed by atoms with Crippen LogP contribution in [0.15, 0.2) is 0 Å². The fourth-order valence-corrected chi connectivity index (χ4v) is 2.01. The maximum atomic E-state index is 5.46. The van der Waals surface area contributed by atoms with Gasteiger partial charge in [-0.3, -0.25) is 0 Å². The molecule has 1 aromatic rings. The molecule has 0 bridgehead atoms. The molecule has 0 atom stereocenters. The van der Waals surface area contributed by atoms with E-state index in [9.17, 15) is 0 Å². The zero-order valence-electron chi connectivity index (χ0n) is 9.21. The molecule has 1 aromatic heterocycles. The lowest BCUT2D eigenvalue weighted by Crippen LogP contribution is -2.12. The molecule has 2 rings (SSSR count). The summed E-state index contributed by atoms with van der Waals surface area (Å²) in [7, 11) is 0. The highest BCUT2D eigenvalue weighted by Gasteiger charge is 2.17. The minimum atomic E-state index is 0.721. The van der Waals surface area contributed by atoms with Crippen molar-refractivity contribution in [1.29, 1.82) is 0 Å². The van der Waals surface area contributed by atoms with E-state index in [0.717, 1.165) is 44.0 Å². The fourth-order valence-electron chi connectivity index (χ4n) is 2.01. The summed E-state index contributed by atoms with van der Waals surface area (Å²) in [5.41, 5.74) is 8.01. The third-order valence-electron chi connectivity index (χ3n) is 2.72. The van der Waals surface area contributed by atoms with Gasteiger partial charge in [-0.25, -0.2) is 9.97 Å². The lowest BCUT2D eigenvalue weighted by Gasteiger charge is -2.10. The third kappa shape index (κ3) is 2.26. The standard InChI is InChI=1S/C11H18N4/c1-8-14-10-5-2-4-9(10)11(15-8)13-7-3-6-12/h2-7,12H2,1H3,(H,13,14,15). The Balaban J connectivity index is 2.15. The average molecular weight is 206 g/mol. The van der Waals surface area contributed by atoms with E-state index in [1.807, 2.05) is 6.92 Å². The number of aryl methyl sites for hydroxylation is 2. The summed E-state index contributed by atoms with van der Waals surface area (Å²) in [6, 6.07) is 0. The predicted octanol–water partition coefficient (Wildman–Crippen LogP) is 1.03. The van der Waals surface area contributed by atoms with Gasteiger partial charge in [0, 0.05) is 17.8 Å². The Labute approximate surface area is 90.3 Å². The second-order valence-electron chi connectivity index (χ2n) is 3.97. The first-order valence-electron chi connectivity index (χ1n) is 5.61. The SMILES string of the molecule is Cc1nc2c(c(NCCCN)n1)CCC2. The number of nitrogens with one attached hydrogen (secondary N) is 1. The van der Waals surface area contributed by atoms with Crippen LogP contribution in [0.5, 0.6) is 0 Å². The Morgan fingerprint density at radius 2 is 2.20 bits per heavy atom. The van der Waals surface area contributed by atoms with Crippen LogP contribution in [0.2, 0.25) is 0 Å². The summed E-state index contributed by atoms with van der Waals surface area (Å²) >= 11 is 0. The van der Waals surface area contributed by atoms with Gasteiger partial charge < -0.3 is 11.1 Å². The van der Waals surface area contributed by atoms with Crippen LogP contribution < -0.4 is 11.1 Å². The van der Waals surface area contributed by atoms with Crippen molar-refractivity contribution in [2.24, 2.45) is 5.73 Å². The van der Waals surface area contributed by atoms with Crippen LogP contribution in [0, 0.1) is 6.92 Å². The molecule has 0 radical (unpaired) electrons. The van der Waals surface area contributed by atoms with Crippen LogP contribution in [-0.2, 0) is 12.8 Å². The first-order chi connectivity index (χ1) is 7.31. The van der Waals surface area contributed by atoms with E-state index in [1.165, 1.54) is 17.7 Å². The van der Waals surface area contributed by atoms with Gasteiger partial charge in [-0.1, -0.05) is 0 Å². The molecular formula is C11H18N4. The molecule has 4 nitrogen and oxygen atoms in total. The minimum absolute atomic E-state index is 0.721. The molecule has 0 unspecified atom stereocenters. The Morgan fingerprint density at radius 1 is 1.33 bits per heavy atom. The van der Waals surface area contributed by atoms with Crippen molar-refractivity contribution in [3.05, 3.63) is 17.1 Å². The molecule has 1 heterocycles. The quantitative estimate of drug-likeness (QED) is 0.722. The highest BCUT2D eigenvalue weighted by atomic mass is 15.0. The van der Waals surface area contributed by atoms with Gasteiger partial charge in [0.15, 0.2) is 0 Å². The van der Waals surface area contributed by atoms with Crippen molar-refractivity contribution in [3.8, 4) is 0 Å². The molecule has 0 spiro atoms. The van der Waals surface area contributed by atoms with Gasteiger partial charge >= 0.3 is 0 Å².